The van der Waals surface area contributed by atoms with Crippen LogP contribution in [0.1, 0.15) is 20.9 Å². The maximum absolute atomic E-state index is 9.26. The number of hydrogen-bond acceptors (Lipinski definition) is 10. The van der Waals surface area contributed by atoms with E-state index in [9.17, 15) is 21.0 Å². The summed E-state index contributed by atoms with van der Waals surface area (Å²) in [4.78, 5) is 8.38. The van der Waals surface area contributed by atoms with Gasteiger partial charge in [-0.3, -0.25) is 0 Å². The lowest BCUT2D eigenvalue weighted by Gasteiger charge is -2.07. The Morgan fingerprint density at radius 1 is 0.542 bits per heavy atom. The van der Waals surface area contributed by atoms with Crippen LogP contribution in [0.4, 0.5) is 0 Å². The molecule has 1 aromatic carbocycles. The van der Waals surface area contributed by atoms with Gasteiger partial charge in [0.05, 0.1) is 23.5 Å². The minimum Gasteiger partial charge on any atom is -0.192 e. The van der Waals surface area contributed by atoms with E-state index in [1.807, 2.05) is 71.2 Å². The van der Waals surface area contributed by atoms with E-state index in [4.69, 9.17) is 0 Å². The number of nitrogens with zero attached hydrogens (tertiary/aromatic N) is 4. The van der Waals surface area contributed by atoms with Crippen LogP contribution in [0.25, 0.3) is 63.3 Å². The van der Waals surface area contributed by atoms with Gasteiger partial charge in [-0.15, -0.1) is 68.0 Å². The average molecular weight is 725 g/mol. The molecule has 0 spiro atoms. The molecular weight excluding hydrogens is 705 g/mol. The molecule has 0 radical (unpaired) electrons. The number of fused-ring (bicyclic) bond motifs is 1. The van der Waals surface area contributed by atoms with Crippen molar-refractivity contribution >= 4 is 101 Å². The fourth-order valence-electron chi connectivity index (χ4n) is 5.39. The highest BCUT2D eigenvalue weighted by molar-refractivity contribution is 7.33. The first kappa shape index (κ1) is 31.7. The monoisotopic (exact) mass is 724 g/mol. The molecule has 7 rings (SSSR count). The van der Waals surface area contributed by atoms with Gasteiger partial charge in [0.2, 0.25) is 0 Å². The van der Waals surface area contributed by atoms with Crippen LogP contribution in [-0.2, 0) is 0 Å². The Morgan fingerprint density at radius 3 is 1.58 bits per heavy atom. The van der Waals surface area contributed by atoms with Crippen LogP contribution in [0.5, 0.6) is 0 Å². The summed E-state index contributed by atoms with van der Waals surface area (Å²) in [5.41, 5.74) is 4.09. The summed E-state index contributed by atoms with van der Waals surface area (Å²) < 4.78 is 4.65. The van der Waals surface area contributed by atoms with Crippen LogP contribution < -0.4 is 18.1 Å². The third-order valence-electron chi connectivity index (χ3n) is 7.58. The molecule has 0 unspecified atom stereocenters. The molecule has 228 valence electrons. The predicted molar refractivity (Wildman–Crippen MR) is 205 cm³/mol. The van der Waals surface area contributed by atoms with E-state index in [0.29, 0.717) is 9.06 Å². The number of thiophene rings is 6. The number of benzene rings is 1. The topological polar surface area (TPSA) is 95.2 Å². The Kier molecular flexibility index (Phi) is 8.80. The molecular formula is C38H20N4S6. The molecule has 0 amide bonds. The fourth-order valence-corrected chi connectivity index (χ4v) is 12.4. The first-order valence-corrected chi connectivity index (χ1v) is 19.4. The van der Waals surface area contributed by atoms with Crippen molar-refractivity contribution in [3.05, 3.63) is 112 Å². The maximum atomic E-state index is 9.26. The van der Waals surface area contributed by atoms with Crippen molar-refractivity contribution in [3.8, 4) is 54.2 Å². The fraction of sp³-hybridized carbons (Fsp3) is 0.0526. The first-order valence-electron chi connectivity index (χ1n) is 14.5. The van der Waals surface area contributed by atoms with Crippen molar-refractivity contribution in [2.45, 2.75) is 13.8 Å². The summed E-state index contributed by atoms with van der Waals surface area (Å²) in [6, 6.07) is 33.0. The third-order valence-corrected chi connectivity index (χ3v) is 14.6. The van der Waals surface area contributed by atoms with E-state index < -0.39 is 0 Å². The van der Waals surface area contributed by atoms with Gasteiger partial charge in [0, 0.05) is 38.8 Å². The van der Waals surface area contributed by atoms with Crippen molar-refractivity contribution in [1.82, 2.24) is 0 Å². The molecule has 0 bridgehead atoms. The van der Waals surface area contributed by atoms with E-state index in [1.165, 1.54) is 73.8 Å². The van der Waals surface area contributed by atoms with Gasteiger partial charge in [0.15, 0.2) is 0 Å². The molecule has 0 saturated carbocycles. The van der Waals surface area contributed by atoms with Gasteiger partial charge in [-0.25, -0.2) is 0 Å². The molecule has 10 heteroatoms. The van der Waals surface area contributed by atoms with Crippen LogP contribution in [0.2, 0.25) is 0 Å². The van der Waals surface area contributed by atoms with E-state index in [0.717, 1.165) is 18.8 Å². The molecule has 0 N–H and O–H groups in total. The highest BCUT2D eigenvalue weighted by Crippen LogP contribution is 2.52. The van der Waals surface area contributed by atoms with Crippen LogP contribution in [-0.4, -0.2) is 0 Å². The zero-order valence-corrected chi connectivity index (χ0v) is 30.2. The summed E-state index contributed by atoms with van der Waals surface area (Å²) in [6.45, 7) is 4.35. The highest BCUT2D eigenvalue weighted by Gasteiger charge is 2.21. The second-order valence-corrected chi connectivity index (χ2v) is 17.2. The number of rotatable bonds is 5. The van der Waals surface area contributed by atoms with Gasteiger partial charge < -0.3 is 0 Å². The van der Waals surface area contributed by atoms with Crippen molar-refractivity contribution in [3.63, 3.8) is 0 Å². The zero-order valence-electron chi connectivity index (χ0n) is 25.3. The molecule has 0 fully saturated rings. The molecule has 6 aromatic heterocycles. The van der Waals surface area contributed by atoms with Gasteiger partial charge in [-0.2, -0.15) is 21.0 Å². The number of nitriles is 4. The van der Waals surface area contributed by atoms with Crippen molar-refractivity contribution < 1.29 is 0 Å². The Bertz CT molecular complexity index is 2600. The largest absolute Gasteiger partial charge is 0.192 e. The average Bonchev–Trinajstić information content (AvgIpc) is 3.92. The lowest BCUT2D eigenvalue weighted by Crippen LogP contribution is -1.96. The Labute approximate surface area is 300 Å². The normalized spacial score (nSPS) is 11.7. The van der Waals surface area contributed by atoms with Gasteiger partial charge in [0.25, 0.3) is 0 Å². The minimum atomic E-state index is 0.136. The van der Waals surface area contributed by atoms with E-state index in [1.54, 1.807) is 22.7 Å². The molecule has 4 nitrogen and oxygen atoms in total. The Morgan fingerprint density at radius 2 is 1.06 bits per heavy atom. The lowest BCUT2D eigenvalue weighted by molar-refractivity contribution is 1.39. The Balaban J connectivity index is 1.34. The summed E-state index contributed by atoms with van der Waals surface area (Å²) in [5, 5.41) is 38.3. The van der Waals surface area contributed by atoms with E-state index >= 15 is 0 Å². The maximum Gasteiger partial charge on any atom is 0.146 e. The molecule has 0 aliphatic heterocycles. The van der Waals surface area contributed by atoms with Crippen LogP contribution in [0, 0.1) is 59.2 Å². The highest BCUT2D eigenvalue weighted by atomic mass is 32.1. The van der Waals surface area contributed by atoms with Crippen molar-refractivity contribution in [2.24, 2.45) is 0 Å². The van der Waals surface area contributed by atoms with Gasteiger partial charge in [-0.05, 0) is 97.3 Å². The SMILES string of the molecule is Cc1cccc(C)c1-c1cc2c(-c3ccc(/C=c4/ccc(=C(C#N)C#N)s4)s3)sc(-c3ccc(/C=c4/ccc(=C(C#N)C#N)s4)s3)c2s1. The van der Waals surface area contributed by atoms with Gasteiger partial charge >= 0.3 is 0 Å². The second-order valence-electron chi connectivity index (χ2n) is 10.7. The number of aryl methyl sites for hydroxylation is 2. The lowest BCUT2D eigenvalue weighted by atomic mass is 10.0. The Hall–Kier alpha value is -4.88. The summed E-state index contributed by atoms with van der Waals surface area (Å²) >= 11 is 10.0. The van der Waals surface area contributed by atoms with Crippen LogP contribution in [0.15, 0.2) is 72.8 Å². The van der Waals surface area contributed by atoms with E-state index in [-0.39, 0.29) is 11.1 Å². The molecule has 0 saturated heterocycles. The number of hydrogen-bond donors (Lipinski definition) is 0. The second kappa shape index (κ2) is 13.3. The summed E-state index contributed by atoms with van der Waals surface area (Å²) in [7, 11) is 0. The molecule has 6 heterocycles. The smallest absolute Gasteiger partial charge is 0.146 e. The van der Waals surface area contributed by atoms with Crippen molar-refractivity contribution in [2.75, 3.05) is 0 Å². The molecule has 48 heavy (non-hydrogen) atoms. The van der Waals surface area contributed by atoms with Gasteiger partial charge in [-0.1, -0.05) is 18.2 Å². The molecule has 0 atom stereocenters. The third kappa shape index (κ3) is 5.99. The zero-order chi connectivity index (χ0) is 33.4. The quantitative estimate of drug-likeness (QED) is 0.177. The van der Waals surface area contributed by atoms with Gasteiger partial charge in [0.1, 0.15) is 35.4 Å². The van der Waals surface area contributed by atoms with Crippen LogP contribution >= 0.6 is 68.0 Å². The molecule has 0 aliphatic carbocycles. The first-order chi connectivity index (χ1) is 23.4. The summed E-state index contributed by atoms with van der Waals surface area (Å²) in [5.74, 6) is 0. The van der Waals surface area contributed by atoms with Crippen LogP contribution in [0.3, 0.4) is 0 Å². The predicted octanol–water partition coefficient (Wildman–Crippen LogP) is 8.88. The van der Waals surface area contributed by atoms with Crippen molar-refractivity contribution in [1.29, 1.82) is 21.0 Å². The van der Waals surface area contributed by atoms with E-state index in [2.05, 4.69) is 74.5 Å². The standard InChI is InChI=1S/C38H20N4S6/c1-21-4-3-5-22(2)35(21)34-16-29-36(32-12-8-27(45-32)14-25-6-10-30(43-25)23(17-39)18-40)48-38(37(29)47-34)33-13-9-28(46-33)15-26-7-11-31(44-26)24(19-41)20-42/h3-16H,1-2H3/b25-14-,26-15-. The molecule has 0 aliphatic rings. The minimum absolute atomic E-state index is 0.136. The summed E-state index contributed by atoms with van der Waals surface area (Å²) in [6.07, 6.45) is 4.23. The molecule has 7 aromatic rings.